The summed E-state index contributed by atoms with van der Waals surface area (Å²) in [6, 6.07) is 1.45. The highest BCUT2D eigenvalue weighted by molar-refractivity contribution is 8.00. The molecule has 0 aromatic carbocycles. The lowest BCUT2D eigenvalue weighted by molar-refractivity contribution is -0.289. The Morgan fingerprint density at radius 2 is 1.52 bits per heavy atom. The molecule has 0 spiro atoms. The van der Waals surface area contributed by atoms with Crippen LogP contribution in [-0.2, 0) is 19.1 Å². The minimum Gasteiger partial charge on any atom is -0.310 e. The minimum absolute atomic E-state index is 0.0214. The molecule has 0 aliphatic carbocycles. The van der Waals surface area contributed by atoms with E-state index in [0.717, 1.165) is 17.8 Å². The van der Waals surface area contributed by atoms with Crippen LogP contribution in [0.1, 0.15) is 25.0 Å². The number of aromatic nitrogens is 4. The molecule has 13 heteroatoms. The zero-order valence-electron chi connectivity index (χ0n) is 16.1. The molecule has 4 nitrogen and oxygen atoms in total. The second-order valence-corrected chi connectivity index (χ2v) is 8.49. The lowest BCUT2D eigenvalue weighted by Gasteiger charge is -2.19. The van der Waals surface area contributed by atoms with Crippen molar-refractivity contribution in [3.8, 4) is 11.5 Å². The van der Waals surface area contributed by atoms with E-state index in [4.69, 9.17) is 0 Å². The van der Waals surface area contributed by atoms with Gasteiger partial charge < -0.3 is 4.57 Å². The number of alkyl halides is 8. The minimum atomic E-state index is -5.82. The smallest absolute Gasteiger partial charge is 0.310 e. The monoisotopic (exact) mass is 470 g/mol. The first kappa shape index (κ1) is 23.2. The summed E-state index contributed by atoms with van der Waals surface area (Å²) in [5, 5.41) is -0.131. The third kappa shape index (κ3) is 4.32. The predicted octanol–water partition coefficient (Wildman–Crippen LogP) is 6.20. The molecule has 0 unspecified atom stereocenters. The molecule has 3 rings (SSSR count). The average Bonchev–Trinajstić information content (AvgIpc) is 2.95. The van der Waals surface area contributed by atoms with Gasteiger partial charge >= 0.3 is 18.3 Å². The van der Waals surface area contributed by atoms with Crippen molar-refractivity contribution in [1.82, 2.24) is 19.5 Å². The van der Waals surface area contributed by atoms with Gasteiger partial charge in [0.2, 0.25) is 0 Å². The molecule has 0 aliphatic rings. The van der Waals surface area contributed by atoms with Crippen molar-refractivity contribution >= 4 is 22.9 Å². The molecule has 0 saturated heterocycles. The first-order valence-corrected chi connectivity index (χ1v) is 9.52. The van der Waals surface area contributed by atoms with Crippen LogP contribution < -0.4 is 0 Å². The van der Waals surface area contributed by atoms with Crippen molar-refractivity contribution in [3.63, 3.8) is 0 Å². The van der Waals surface area contributed by atoms with E-state index in [1.54, 1.807) is 13.8 Å². The van der Waals surface area contributed by atoms with E-state index in [9.17, 15) is 35.1 Å². The van der Waals surface area contributed by atoms with Gasteiger partial charge in [0.05, 0.1) is 11.1 Å². The van der Waals surface area contributed by atoms with Crippen LogP contribution >= 0.6 is 11.8 Å². The Hall–Kier alpha value is -2.44. The van der Waals surface area contributed by atoms with E-state index in [1.165, 1.54) is 11.6 Å². The SMILES string of the molecule is CC(C)Sc1cc(C(F)(F)F)cnc1-c1nc2cc(C(F)(F)C(F)(F)F)cnc2n1C. The summed E-state index contributed by atoms with van der Waals surface area (Å²) in [7, 11) is 1.41. The molecular weight excluding hydrogens is 456 g/mol. The molecule has 0 saturated carbocycles. The maximum absolute atomic E-state index is 13.7. The van der Waals surface area contributed by atoms with E-state index >= 15 is 0 Å². The first-order chi connectivity index (χ1) is 14.1. The van der Waals surface area contributed by atoms with Crippen LogP contribution in [-0.4, -0.2) is 30.9 Å². The molecule has 0 radical (unpaired) electrons. The van der Waals surface area contributed by atoms with Crippen molar-refractivity contribution in [3.05, 3.63) is 35.7 Å². The van der Waals surface area contributed by atoms with Gasteiger partial charge in [0.25, 0.3) is 0 Å². The molecule has 3 heterocycles. The van der Waals surface area contributed by atoms with Gasteiger partial charge in [-0.3, -0.25) is 4.98 Å². The van der Waals surface area contributed by atoms with Gasteiger partial charge in [0.15, 0.2) is 11.5 Å². The highest BCUT2D eigenvalue weighted by Gasteiger charge is 2.59. The number of fused-ring (bicyclic) bond motifs is 1. The van der Waals surface area contributed by atoms with Crippen LogP contribution in [0, 0.1) is 0 Å². The number of pyridine rings is 2. The quantitative estimate of drug-likeness (QED) is 0.336. The van der Waals surface area contributed by atoms with Gasteiger partial charge in [-0.05, 0) is 12.1 Å². The van der Waals surface area contributed by atoms with Crippen molar-refractivity contribution < 1.29 is 35.1 Å². The molecule has 3 aromatic rings. The Bertz CT molecular complexity index is 1120. The van der Waals surface area contributed by atoms with Crippen LogP contribution in [0.2, 0.25) is 0 Å². The Morgan fingerprint density at radius 3 is 2.06 bits per heavy atom. The summed E-state index contributed by atoms with van der Waals surface area (Å²) in [6.45, 7) is 3.49. The lowest BCUT2D eigenvalue weighted by Crippen LogP contribution is -2.33. The molecule has 31 heavy (non-hydrogen) atoms. The van der Waals surface area contributed by atoms with Gasteiger partial charge in [-0.1, -0.05) is 13.8 Å². The van der Waals surface area contributed by atoms with Gasteiger partial charge in [0.1, 0.15) is 11.2 Å². The first-order valence-electron chi connectivity index (χ1n) is 8.64. The third-order valence-electron chi connectivity index (χ3n) is 4.18. The number of hydrogen-bond acceptors (Lipinski definition) is 4. The summed E-state index contributed by atoms with van der Waals surface area (Å²) in [4.78, 5) is 11.7. The molecule has 0 bridgehead atoms. The lowest BCUT2D eigenvalue weighted by atomic mass is 10.1. The maximum Gasteiger partial charge on any atom is 0.458 e. The summed E-state index contributed by atoms with van der Waals surface area (Å²) >= 11 is 1.07. The van der Waals surface area contributed by atoms with Crippen LogP contribution in [0.25, 0.3) is 22.7 Å². The molecule has 0 aliphatic heterocycles. The fourth-order valence-corrected chi connectivity index (χ4v) is 3.69. The fourth-order valence-electron chi connectivity index (χ4n) is 2.73. The van der Waals surface area contributed by atoms with Crippen molar-refractivity contribution in [1.29, 1.82) is 0 Å². The molecule has 0 atom stereocenters. The van der Waals surface area contributed by atoms with E-state index in [0.29, 0.717) is 18.5 Å². The van der Waals surface area contributed by atoms with Gasteiger partial charge in [-0.25, -0.2) is 9.97 Å². The molecule has 0 N–H and O–H groups in total. The molecule has 0 amide bonds. The third-order valence-corrected chi connectivity index (χ3v) is 5.22. The Balaban J connectivity index is 2.18. The van der Waals surface area contributed by atoms with Crippen molar-refractivity contribution in [2.75, 3.05) is 0 Å². The number of thioether (sulfide) groups is 1. The summed E-state index contributed by atoms with van der Waals surface area (Å²) in [5.74, 6) is -5.16. The van der Waals surface area contributed by atoms with Gasteiger partial charge in [0, 0.05) is 29.6 Å². The second kappa shape index (κ2) is 7.61. The number of rotatable bonds is 4. The second-order valence-electron chi connectivity index (χ2n) is 6.87. The Morgan fingerprint density at radius 1 is 0.903 bits per heavy atom. The van der Waals surface area contributed by atoms with E-state index in [2.05, 4.69) is 15.0 Å². The highest BCUT2D eigenvalue weighted by Crippen LogP contribution is 2.44. The summed E-state index contributed by atoms with van der Waals surface area (Å²) < 4.78 is 106. The largest absolute Gasteiger partial charge is 0.458 e. The topological polar surface area (TPSA) is 43.6 Å². The number of nitrogens with zero attached hydrogens (tertiary/aromatic N) is 4. The van der Waals surface area contributed by atoms with Gasteiger partial charge in [-0.2, -0.15) is 35.1 Å². The van der Waals surface area contributed by atoms with Crippen LogP contribution in [0.5, 0.6) is 0 Å². The Kier molecular flexibility index (Phi) is 5.70. The number of aryl methyl sites for hydroxylation is 1. The van der Waals surface area contributed by atoms with E-state index in [1.807, 2.05) is 0 Å². The van der Waals surface area contributed by atoms with Crippen molar-refractivity contribution in [2.24, 2.45) is 7.05 Å². The van der Waals surface area contributed by atoms with E-state index in [-0.39, 0.29) is 32.8 Å². The molecular formula is C18H14F8N4S. The number of halogens is 8. The number of hydrogen-bond donors (Lipinski definition) is 0. The summed E-state index contributed by atoms with van der Waals surface area (Å²) in [6.07, 6.45) is -9.46. The van der Waals surface area contributed by atoms with Gasteiger partial charge in [-0.15, -0.1) is 11.8 Å². The molecule has 168 valence electrons. The zero-order chi connectivity index (χ0) is 23.4. The number of imidazole rings is 1. The zero-order valence-corrected chi connectivity index (χ0v) is 16.9. The van der Waals surface area contributed by atoms with Crippen LogP contribution in [0.15, 0.2) is 29.4 Å². The normalized spacial score (nSPS) is 13.4. The molecule has 0 fully saturated rings. The standard InChI is InChI=1S/C18H14F8N4S/c1-8(2)31-12-5-10(17(21,22)23)7-27-13(12)15-29-11-4-9(6-28-14(11)30(15)3)16(19,20)18(24,25)26/h4-8H,1-3H3. The van der Waals surface area contributed by atoms with Crippen LogP contribution in [0.3, 0.4) is 0 Å². The highest BCUT2D eigenvalue weighted by atomic mass is 32.2. The van der Waals surface area contributed by atoms with Crippen molar-refractivity contribution in [2.45, 2.75) is 42.3 Å². The predicted molar refractivity (Wildman–Crippen MR) is 97.7 cm³/mol. The van der Waals surface area contributed by atoms with E-state index < -0.39 is 29.4 Å². The fraction of sp³-hybridized carbons (Fsp3) is 0.389. The molecule has 3 aromatic heterocycles. The Labute approximate surface area is 174 Å². The van der Waals surface area contributed by atoms with Crippen LogP contribution in [0.4, 0.5) is 35.1 Å². The maximum atomic E-state index is 13.7. The summed E-state index contributed by atoms with van der Waals surface area (Å²) in [5.41, 5.74) is -2.66. The average molecular weight is 470 g/mol.